The summed E-state index contributed by atoms with van der Waals surface area (Å²) in [6.45, 7) is 3.94. The van der Waals surface area contributed by atoms with E-state index in [-0.39, 0.29) is 30.2 Å². The first-order valence-corrected chi connectivity index (χ1v) is 12.5. The van der Waals surface area contributed by atoms with E-state index in [1.807, 2.05) is 56.3 Å². The number of aryl methyl sites for hydroxylation is 2. The summed E-state index contributed by atoms with van der Waals surface area (Å²) in [6, 6.07) is 20.4. The molecule has 0 radical (unpaired) electrons. The van der Waals surface area contributed by atoms with Crippen LogP contribution < -0.4 is 10.1 Å². The van der Waals surface area contributed by atoms with Crippen LogP contribution in [0.5, 0.6) is 5.75 Å². The van der Waals surface area contributed by atoms with Crippen LogP contribution >= 0.6 is 27.7 Å². The molecule has 1 N–H and O–H groups in total. The van der Waals surface area contributed by atoms with Crippen LogP contribution in [0.4, 0.5) is 10.5 Å². The quantitative estimate of drug-likeness (QED) is 0.348. The van der Waals surface area contributed by atoms with Crippen molar-refractivity contribution < 1.29 is 19.1 Å². The van der Waals surface area contributed by atoms with E-state index < -0.39 is 0 Å². The molecular formula is C27H23BrN2O4S. The molecule has 1 heterocycles. The number of carbonyl (C=O) groups is 3. The second-order valence-corrected chi connectivity index (χ2v) is 10.00. The maximum Gasteiger partial charge on any atom is 0.293 e. The highest BCUT2D eigenvalue weighted by atomic mass is 79.9. The fraction of sp³-hybridized carbons (Fsp3) is 0.148. The first kappa shape index (κ1) is 24.8. The molecule has 3 aromatic carbocycles. The van der Waals surface area contributed by atoms with Gasteiger partial charge < -0.3 is 10.1 Å². The van der Waals surface area contributed by atoms with Gasteiger partial charge in [0, 0.05) is 15.7 Å². The summed E-state index contributed by atoms with van der Waals surface area (Å²) in [5, 5.41) is 2.53. The number of halogens is 1. The van der Waals surface area contributed by atoms with E-state index in [0.717, 1.165) is 38.6 Å². The Morgan fingerprint density at radius 2 is 1.80 bits per heavy atom. The van der Waals surface area contributed by atoms with Gasteiger partial charge in [0.15, 0.2) is 6.61 Å². The molecule has 0 bridgehead atoms. The molecule has 0 unspecified atom stereocenters. The molecule has 8 heteroatoms. The molecule has 1 aliphatic rings. The normalized spacial score (nSPS) is 14.5. The lowest BCUT2D eigenvalue weighted by atomic mass is 10.1. The monoisotopic (exact) mass is 550 g/mol. The molecule has 3 aromatic rings. The van der Waals surface area contributed by atoms with Gasteiger partial charge in [0.2, 0.25) is 0 Å². The number of thioether (sulfide) groups is 1. The van der Waals surface area contributed by atoms with Crippen molar-refractivity contribution in [1.82, 2.24) is 4.90 Å². The second-order valence-electron chi connectivity index (χ2n) is 8.09. The lowest BCUT2D eigenvalue weighted by Gasteiger charge is -2.13. The molecule has 35 heavy (non-hydrogen) atoms. The van der Waals surface area contributed by atoms with Crippen LogP contribution in [0.1, 0.15) is 22.3 Å². The number of nitrogens with one attached hydrogen (secondary N) is 1. The van der Waals surface area contributed by atoms with E-state index in [4.69, 9.17) is 4.74 Å². The molecule has 1 aliphatic heterocycles. The van der Waals surface area contributed by atoms with Crippen LogP contribution in [0.25, 0.3) is 6.08 Å². The van der Waals surface area contributed by atoms with Gasteiger partial charge in [-0.25, -0.2) is 0 Å². The summed E-state index contributed by atoms with van der Waals surface area (Å²) in [6.07, 6.45) is 1.63. The first-order chi connectivity index (χ1) is 16.8. The maximum absolute atomic E-state index is 12.9. The van der Waals surface area contributed by atoms with Gasteiger partial charge in [0.25, 0.3) is 17.1 Å². The average Bonchev–Trinajstić information content (AvgIpc) is 3.09. The molecule has 1 saturated heterocycles. The van der Waals surface area contributed by atoms with E-state index >= 15 is 0 Å². The molecule has 0 saturated carbocycles. The summed E-state index contributed by atoms with van der Waals surface area (Å²) in [5.74, 6) is -0.199. The number of para-hydroxylation sites is 1. The second kappa shape index (κ2) is 10.9. The smallest absolute Gasteiger partial charge is 0.293 e. The van der Waals surface area contributed by atoms with Crippen molar-refractivity contribution in [2.75, 3.05) is 11.9 Å². The molecule has 4 rings (SSSR count). The Kier molecular flexibility index (Phi) is 7.73. The maximum atomic E-state index is 12.9. The van der Waals surface area contributed by atoms with Gasteiger partial charge in [0.1, 0.15) is 5.75 Å². The molecule has 0 spiro atoms. The number of hydrogen-bond acceptors (Lipinski definition) is 5. The van der Waals surface area contributed by atoms with Gasteiger partial charge in [-0.3, -0.25) is 19.3 Å². The van der Waals surface area contributed by atoms with Crippen molar-refractivity contribution in [2.45, 2.75) is 20.4 Å². The minimum absolute atomic E-state index is 0.191. The van der Waals surface area contributed by atoms with E-state index in [1.165, 1.54) is 4.90 Å². The Morgan fingerprint density at radius 3 is 2.54 bits per heavy atom. The summed E-state index contributed by atoms with van der Waals surface area (Å²) in [4.78, 5) is 39.4. The minimum Gasteiger partial charge on any atom is -0.483 e. The largest absolute Gasteiger partial charge is 0.483 e. The van der Waals surface area contributed by atoms with Crippen LogP contribution in [0.2, 0.25) is 0 Å². The number of anilines is 1. The van der Waals surface area contributed by atoms with E-state index in [0.29, 0.717) is 16.2 Å². The van der Waals surface area contributed by atoms with E-state index in [2.05, 4.69) is 21.2 Å². The minimum atomic E-state index is -0.356. The highest BCUT2D eigenvalue weighted by Crippen LogP contribution is 2.35. The topological polar surface area (TPSA) is 75.7 Å². The number of nitrogens with zero attached hydrogens (tertiary/aromatic N) is 1. The first-order valence-electron chi connectivity index (χ1n) is 10.9. The fourth-order valence-electron chi connectivity index (χ4n) is 3.56. The van der Waals surface area contributed by atoms with Crippen LogP contribution in [-0.2, 0) is 16.1 Å². The molecule has 3 amide bonds. The number of imide groups is 1. The predicted octanol–water partition coefficient (Wildman–Crippen LogP) is 6.32. The molecule has 178 valence electrons. The molecule has 1 fully saturated rings. The van der Waals surface area contributed by atoms with Crippen molar-refractivity contribution in [3.05, 3.63) is 98.4 Å². The summed E-state index contributed by atoms with van der Waals surface area (Å²) in [7, 11) is 0. The van der Waals surface area contributed by atoms with E-state index in [1.54, 1.807) is 30.3 Å². The van der Waals surface area contributed by atoms with Gasteiger partial charge in [-0.2, -0.15) is 0 Å². The lowest BCUT2D eigenvalue weighted by molar-refractivity contribution is -0.123. The number of carbonyl (C=O) groups excluding carboxylic acids is 3. The fourth-order valence-corrected chi connectivity index (χ4v) is 4.66. The third-order valence-corrected chi connectivity index (χ3v) is 6.78. The Bertz CT molecular complexity index is 1320. The standard InChI is InChI=1S/C27H23BrN2O4S/c1-17-7-12-22(18(2)13-17)29-25(31)16-34-23-6-4-3-5-20(23)14-24-26(32)30(27(33)35-24)15-19-8-10-21(28)11-9-19/h3-14H,15-16H2,1-2H3,(H,29,31)/b24-14-. The summed E-state index contributed by atoms with van der Waals surface area (Å²) in [5.41, 5.74) is 4.29. The van der Waals surface area contributed by atoms with Gasteiger partial charge in [-0.15, -0.1) is 0 Å². The Labute approximate surface area is 216 Å². The highest BCUT2D eigenvalue weighted by molar-refractivity contribution is 9.10. The lowest BCUT2D eigenvalue weighted by Crippen LogP contribution is -2.27. The third-order valence-electron chi connectivity index (χ3n) is 5.35. The van der Waals surface area contributed by atoms with E-state index in [9.17, 15) is 14.4 Å². The van der Waals surface area contributed by atoms with Crippen LogP contribution in [0.3, 0.4) is 0 Å². The Morgan fingerprint density at radius 1 is 1.06 bits per heavy atom. The molecule has 0 aromatic heterocycles. The van der Waals surface area contributed by atoms with Crippen molar-refractivity contribution in [2.24, 2.45) is 0 Å². The zero-order chi connectivity index (χ0) is 24.9. The molecule has 0 aliphatic carbocycles. The van der Waals surface area contributed by atoms with Gasteiger partial charge in [-0.05, 0) is 67.1 Å². The van der Waals surface area contributed by atoms with Crippen molar-refractivity contribution in [1.29, 1.82) is 0 Å². The zero-order valence-electron chi connectivity index (χ0n) is 19.2. The van der Waals surface area contributed by atoms with Crippen LogP contribution in [-0.4, -0.2) is 28.6 Å². The summed E-state index contributed by atoms with van der Waals surface area (Å²) >= 11 is 4.27. The van der Waals surface area contributed by atoms with Gasteiger partial charge in [-0.1, -0.05) is 64.0 Å². The number of rotatable bonds is 7. The van der Waals surface area contributed by atoms with Crippen molar-refractivity contribution in [3.8, 4) is 5.75 Å². The van der Waals surface area contributed by atoms with Gasteiger partial charge in [0.05, 0.1) is 11.4 Å². The number of amides is 3. The van der Waals surface area contributed by atoms with Crippen molar-refractivity contribution in [3.63, 3.8) is 0 Å². The average molecular weight is 551 g/mol. The van der Waals surface area contributed by atoms with Crippen LogP contribution in [0, 0.1) is 13.8 Å². The SMILES string of the molecule is Cc1ccc(NC(=O)COc2ccccc2/C=C2\SC(=O)N(Cc3ccc(Br)cc3)C2=O)c(C)c1. The number of benzene rings is 3. The predicted molar refractivity (Wildman–Crippen MR) is 142 cm³/mol. The molecule has 6 nitrogen and oxygen atoms in total. The Hall–Kier alpha value is -3.36. The Balaban J connectivity index is 1.44. The molecule has 0 atom stereocenters. The summed E-state index contributed by atoms with van der Waals surface area (Å²) < 4.78 is 6.69. The zero-order valence-corrected chi connectivity index (χ0v) is 21.6. The van der Waals surface area contributed by atoms with Gasteiger partial charge >= 0.3 is 0 Å². The van der Waals surface area contributed by atoms with Crippen molar-refractivity contribution >= 4 is 56.5 Å². The number of ether oxygens (including phenoxy) is 1. The third kappa shape index (κ3) is 6.21. The number of hydrogen-bond donors (Lipinski definition) is 1. The molecular weight excluding hydrogens is 528 g/mol. The highest BCUT2D eigenvalue weighted by Gasteiger charge is 2.35. The van der Waals surface area contributed by atoms with Crippen LogP contribution in [0.15, 0.2) is 76.1 Å².